The van der Waals surface area contributed by atoms with E-state index >= 15 is 0 Å². The van der Waals surface area contributed by atoms with Gasteiger partial charge < -0.3 is 24.7 Å². The molecule has 0 saturated carbocycles. The number of fused-ring (bicyclic) bond motifs is 1. The predicted octanol–water partition coefficient (Wildman–Crippen LogP) is 3.08. The Morgan fingerprint density at radius 3 is 2.40 bits per heavy atom. The van der Waals surface area contributed by atoms with Crippen molar-refractivity contribution in [1.82, 2.24) is 9.80 Å². The predicted molar refractivity (Wildman–Crippen MR) is 132 cm³/mol. The number of aliphatic hydroxyl groups excluding tert-OH is 1. The molecule has 3 unspecified atom stereocenters. The molecule has 8 nitrogen and oxygen atoms in total. The number of carboxylic acids is 1. The number of unbranched alkanes of at least 4 members (excludes halogenated alkanes) is 1. The fraction of sp³-hybridized carbons (Fsp3) is 0.815. The first-order valence-corrected chi connectivity index (χ1v) is 12.8. The van der Waals surface area contributed by atoms with E-state index in [-0.39, 0.29) is 36.3 Å². The molecule has 1 spiro atoms. The van der Waals surface area contributed by atoms with E-state index in [4.69, 9.17) is 4.74 Å². The normalized spacial score (nSPS) is 34.3. The van der Waals surface area contributed by atoms with Crippen molar-refractivity contribution in [2.24, 2.45) is 23.2 Å². The average Bonchev–Trinajstić information content (AvgIpc) is 3.21. The summed E-state index contributed by atoms with van der Waals surface area (Å²) in [6.07, 6.45) is 3.89. The number of carbonyl (C=O) groups is 3. The van der Waals surface area contributed by atoms with Crippen molar-refractivity contribution in [1.29, 1.82) is 0 Å². The number of hydrogen-bond acceptors (Lipinski definition) is 5. The van der Waals surface area contributed by atoms with Gasteiger partial charge in [0.15, 0.2) is 0 Å². The zero-order valence-electron chi connectivity index (χ0n) is 22.5. The number of rotatable bonds is 10. The number of nitrogens with zero attached hydrogens (tertiary/aromatic N) is 2. The zero-order chi connectivity index (χ0) is 26.6. The first-order valence-electron chi connectivity index (χ1n) is 12.8. The lowest BCUT2D eigenvalue weighted by molar-refractivity contribution is -0.159. The number of likely N-dealkylation sites (tertiary alicyclic amines) is 1. The molecule has 0 aromatic carbocycles. The fourth-order valence-corrected chi connectivity index (χ4v) is 7.33. The highest BCUT2D eigenvalue weighted by Gasteiger charge is 2.80. The van der Waals surface area contributed by atoms with E-state index in [1.165, 1.54) is 0 Å². The van der Waals surface area contributed by atoms with Crippen LogP contribution >= 0.6 is 0 Å². The van der Waals surface area contributed by atoms with Crippen molar-refractivity contribution in [3.8, 4) is 0 Å². The molecule has 35 heavy (non-hydrogen) atoms. The van der Waals surface area contributed by atoms with E-state index in [0.29, 0.717) is 25.8 Å². The summed E-state index contributed by atoms with van der Waals surface area (Å²) in [4.78, 5) is 44.1. The summed E-state index contributed by atoms with van der Waals surface area (Å²) in [5.41, 5.74) is -2.76. The van der Waals surface area contributed by atoms with Crippen LogP contribution in [-0.4, -0.2) is 80.3 Å². The van der Waals surface area contributed by atoms with Gasteiger partial charge in [-0.25, -0.2) is 0 Å². The summed E-state index contributed by atoms with van der Waals surface area (Å²) < 4.78 is 6.57. The molecule has 3 aliphatic rings. The number of carboxylic acid groups (broad SMARTS) is 1. The number of amides is 2. The number of aliphatic carboxylic acids is 1. The van der Waals surface area contributed by atoms with Gasteiger partial charge in [-0.2, -0.15) is 0 Å². The Bertz CT molecular complexity index is 879. The van der Waals surface area contributed by atoms with Crippen LogP contribution in [0.2, 0.25) is 0 Å². The number of hydrogen-bond donors (Lipinski definition) is 2. The van der Waals surface area contributed by atoms with Crippen LogP contribution in [0.4, 0.5) is 0 Å². The Morgan fingerprint density at radius 1 is 1.26 bits per heavy atom. The molecule has 3 heterocycles. The number of aliphatic hydroxyl groups is 1. The third kappa shape index (κ3) is 4.41. The van der Waals surface area contributed by atoms with E-state index < -0.39 is 40.6 Å². The Balaban J connectivity index is 2.11. The Hall–Kier alpha value is -1.93. The topological polar surface area (TPSA) is 107 Å². The van der Waals surface area contributed by atoms with Gasteiger partial charge in [-0.15, -0.1) is 6.58 Å². The molecule has 3 rings (SSSR count). The minimum Gasteiger partial charge on any atom is -0.481 e. The van der Waals surface area contributed by atoms with E-state index in [1.807, 2.05) is 20.8 Å². The van der Waals surface area contributed by atoms with Gasteiger partial charge in [-0.3, -0.25) is 14.4 Å². The summed E-state index contributed by atoms with van der Waals surface area (Å²) >= 11 is 0. The summed E-state index contributed by atoms with van der Waals surface area (Å²) in [7, 11) is 0. The monoisotopic (exact) mass is 492 g/mol. The molecular weight excluding hydrogens is 448 g/mol. The lowest BCUT2D eigenvalue weighted by Gasteiger charge is -2.45. The van der Waals surface area contributed by atoms with E-state index in [1.54, 1.807) is 22.8 Å². The first-order chi connectivity index (χ1) is 16.1. The van der Waals surface area contributed by atoms with Crippen molar-refractivity contribution in [3.63, 3.8) is 0 Å². The molecule has 0 aliphatic carbocycles. The molecule has 2 bridgehead atoms. The summed E-state index contributed by atoms with van der Waals surface area (Å²) in [6.45, 7) is 18.6. The van der Waals surface area contributed by atoms with Gasteiger partial charge in [0, 0.05) is 25.2 Å². The van der Waals surface area contributed by atoms with Gasteiger partial charge in [0.05, 0.1) is 11.5 Å². The molecule has 2 N–H and O–H groups in total. The second-order valence-corrected chi connectivity index (χ2v) is 12.8. The van der Waals surface area contributed by atoms with Gasteiger partial charge in [0.2, 0.25) is 11.8 Å². The molecule has 8 heteroatoms. The Kier molecular flexibility index (Phi) is 7.25. The molecular formula is C27H44N2O6. The van der Waals surface area contributed by atoms with Crippen LogP contribution < -0.4 is 0 Å². The maximum Gasteiger partial charge on any atom is 0.310 e. The van der Waals surface area contributed by atoms with Crippen molar-refractivity contribution >= 4 is 17.8 Å². The molecule has 0 aromatic rings. The molecule has 3 fully saturated rings. The minimum atomic E-state index is -1.18. The van der Waals surface area contributed by atoms with Gasteiger partial charge in [0.1, 0.15) is 17.6 Å². The van der Waals surface area contributed by atoms with Crippen molar-refractivity contribution in [3.05, 3.63) is 12.7 Å². The quantitative estimate of drug-likeness (QED) is 0.358. The van der Waals surface area contributed by atoms with Crippen LogP contribution in [0.25, 0.3) is 0 Å². The van der Waals surface area contributed by atoms with Gasteiger partial charge in [-0.05, 0) is 57.8 Å². The summed E-state index contributed by atoms with van der Waals surface area (Å²) in [6, 6.07) is -0.911. The lowest BCUT2D eigenvalue weighted by Crippen LogP contribution is -2.61. The molecule has 2 amide bonds. The Morgan fingerprint density at radius 2 is 1.89 bits per heavy atom. The van der Waals surface area contributed by atoms with E-state index in [9.17, 15) is 24.6 Å². The number of ether oxygens (including phenoxy) is 1. The van der Waals surface area contributed by atoms with Crippen LogP contribution in [0.1, 0.15) is 74.1 Å². The maximum atomic E-state index is 14.5. The van der Waals surface area contributed by atoms with Crippen LogP contribution in [0.15, 0.2) is 12.7 Å². The fourth-order valence-electron chi connectivity index (χ4n) is 7.33. The van der Waals surface area contributed by atoms with Gasteiger partial charge >= 0.3 is 5.97 Å². The molecule has 0 radical (unpaired) electrons. The average molecular weight is 493 g/mol. The summed E-state index contributed by atoms with van der Waals surface area (Å²) in [5, 5.41) is 19.5. The Labute approximate surface area is 209 Å². The van der Waals surface area contributed by atoms with Crippen molar-refractivity contribution in [2.75, 3.05) is 19.7 Å². The lowest BCUT2D eigenvalue weighted by atomic mass is 9.62. The molecule has 3 saturated heterocycles. The van der Waals surface area contributed by atoms with Crippen LogP contribution in [0, 0.1) is 23.2 Å². The number of carbonyl (C=O) groups excluding carboxylic acids is 2. The zero-order valence-corrected chi connectivity index (χ0v) is 22.5. The molecule has 3 aliphatic heterocycles. The highest BCUT2D eigenvalue weighted by atomic mass is 16.5. The second-order valence-electron chi connectivity index (χ2n) is 12.8. The van der Waals surface area contributed by atoms with Crippen molar-refractivity contribution in [2.45, 2.75) is 96.9 Å². The molecule has 0 aromatic heterocycles. The summed E-state index contributed by atoms with van der Waals surface area (Å²) in [5.74, 6) is -3.62. The molecule has 6 atom stereocenters. The third-order valence-electron chi connectivity index (χ3n) is 8.39. The minimum absolute atomic E-state index is 0.0141. The van der Waals surface area contributed by atoms with Crippen LogP contribution in [0.3, 0.4) is 0 Å². The third-order valence-corrected chi connectivity index (χ3v) is 8.39. The first kappa shape index (κ1) is 27.7. The maximum absolute atomic E-state index is 14.5. The van der Waals surface area contributed by atoms with Crippen LogP contribution in [-0.2, 0) is 19.1 Å². The highest BCUT2D eigenvalue weighted by Crippen LogP contribution is 2.65. The van der Waals surface area contributed by atoms with Crippen molar-refractivity contribution < 1.29 is 29.3 Å². The van der Waals surface area contributed by atoms with E-state index in [0.717, 1.165) is 6.42 Å². The smallest absolute Gasteiger partial charge is 0.310 e. The standard InChI is InChI=1S/C27H44N2O6/c1-9-12-29(25(6,7)16-24(3,4)5)22(32)20-27-15-17(2)26(8,35-27)19(23(33)34)18(27)21(31)28(20)13-10-11-14-30/h9,17-20,30H,1,10-16H2,2-8H3,(H,33,34)/t17?,18-,19+,20?,26-,27?/m0/s1. The van der Waals surface area contributed by atoms with Gasteiger partial charge in [-0.1, -0.05) is 33.8 Å². The van der Waals surface area contributed by atoms with E-state index in [2.05, 4.69) is 27.4 Å². The molecule has 198 valence electrons. The largest absolute Gasteiger partial charge is 0.481 e. The SMILES string of the molecule is C=CCN(C(=O)C1N(CCCCO)C(=O)[C@@H]2[C@H](C(=O)O)[C@@]3(C)OC12CC3C)C(C)(C)CC(C)(C)C. The van der Waals surface area contributed by atoms with Gasteiger partial charge in [0.25, 0.3) is 0 Å². The second kappa shape index (κ2) is 9.18. The van der Waals surface area contributed by atoms with Crippen LogP contribution in [0.5, 0.6) is 0 Å². The highest BCUT2D eigenvalue weighted by molar-refractivity contribution is 5.98.